The van der Waals surface area contributed by atoms with Crippen LogP contribution in [0.2, 0.25) is 0 Å². The fraction of sp³-hybridized carbons (Fsp3) is 0.294. The van der Waals surface area contributed by atoms with Crippen molar-refractivity contribution in [3.8, 4) is 11.5 Å². The van der Waals surface area contributed by atoms with Crippen LogP contribution in [0.1, 0.15) is 24.0 Å². The van der Waals surface area contributed by atoms with Gasteiger partial charge in [0.2, 0.25) is 0 Å². The molecule has 0 aromatic heterocycles. The number of hydrogen-bond donors (Lipinski definition) is 1. The molecule has 0 heterocycles. The highest BCUT2D eigenvalue weighted by Gasteiger charge is 2.03. The molecule has 0 aliphatic heterocycles. The zero-order valence-corrected chi connectivity index (χ0v) is 11.3. The lowest BCUT2D eigenvalue weighted by Gasteiger charge is -2.09. The van der Waals surface area contributed by atoms with Gasteiger partial charge in [-0.3, -0.25) is 0 Å². The third kappa shape index (κ3) is 4.02. The summed E-state index contributed by atoms with van der Waals surface area (Å²) in [5.41, 5.74) is 2.18. The molecule has 0 bridgehead atoms. The summed E-state index contributed by atoms with van der Waals surface area (Å²) in [5.74, 6) is 1.07. The Morgan fingerprint density at radius 3 is 2.53 bits per heavy atom. The second-order valence-electron chi connectivity index (χ2n) is 4.69. The van der Waals surface area contributed by atoms with Crippen molar-refractivity contribution >= 4 is 0 Å². The van der Waals surface area contributed by atoms with Gasteiger partial charge in [-0.1, -0.05) is 36.4 Å². The van der Waals surface area contributed by atoms with Crippen LogP contribution in [0.3, 0.4) is 0 Å². The summed E-state index contributed by atoms with van der Waals surface area (Å²) in [6.45, 7) is 2.56. The predicted molar refractivity (Wildman–Crippen MR) is 77.7 cm³/mol. The van der Waals surface area contributed by atoms with Gasteiger partial charge >= 0.3 is 0 Å². The Kier molecular flexibility index (Phi) is 4.85. The van der Waals surface area contributed by atoms with Crippen LogP contribution in [0.25, 0.3) is 0 Å². The molecule has 0 amide bonds. The molecule has 0 unspecified atom stereocenters. The lowest BCUT2D eigenvalue weighted by Crippen LogP contribution is -1.99. The summed E-state index contributed by atoms with van der Waals surface area (Å²) in [4.78, 5) is 0. The molecule has 100 valence electrons. The van der Waals surface area contributed by atoms with Crippen molar-refractivity contribution in [1.29, 1.82) is 0 Å². The van der Waals surface area contributed by atoms with E-state index in [2.05, 4.69) is 24.3 Å². The number of benzene rings is 2. The van der Waals surface area contributed by atoms with Crippen LogP contribution in [0.5, 0.6) is 11.5 Å². The lowest BCUT2D eigenvalue weighted by molar-refractivity contribution is 0.303. The summed E-state index contributed by atoms with van der Waals surface area (Å²) in [7, 11) is 0. The average molecular weight is 256 g/mol. The smallest absolute Gasteiger partial charge is 0.125 e. The highest BCUT2D eigenvalue weighted by Crippen LogP contribution is 2.26. The van der Waals surface area contributed by atoms with Crippen LogP contribution in [0.4, 0.5) is 0 Å². The summed E-state index contributed by atoms with van der Waals surface area (Å²) >= 11 is 0. The third-order valence-corrected chi connectivity index (χ3v) is 3.22. The van der Waals surface area contributed by atoms with Crippen molar-refractivity contribution in [1.82, 2.24) is 0 Å². The second-order valence-corrected chi connectivity index (χ2v) is 4.69. The number of aryl methyl sites for hydroxylation is 1. The van der Waals surface area contributed by atoms with Gasteiger partial charge in [0.25, 0.3) is 0 Å². The Bertz CT molecular complexity index is 506. The summed E-state index contributed by atoms with van der Waals surface area (Å²) in [6.07, 6.45) is 3.22. The van der Waals surface area contributed by atoms with Gasteiger partial charge in [0.1, 0.15) is 11.5 Å². The first-order chi connectivity index (χ1) is 9.27. The lowest BCUT2D eigenvalue weighted by atomic mass is 10.1. The molecule has 0 fully saturated rings. The highest BCUT2D eigenvalue weighted by molar-refractivity contribution is 5.42. The molecule has 2 aromatic rings. The highest BCUT2D eigenvalue weighted by atomic mass is 16.5. The van der Waals surface area contributed by atoms with E-state index < -0.39 is 0 Å². The fourth-order valence-electron chi connectivity index (χ4n) is 2.02. The van der Waals surface area contributed by atoms with Gasteiger partial charge in [-0.2, -0.15) is 0 Å². The molecule has 0 radical (unpaired) electrons. The third-order valence-electron chi connectivity index (χ3n) is 3.22. The Morgan fingerprint density at radius 1 is 0.947 bits per heavy atom. The standard InChI is InChI=1S/C17H20O2/c1-14-16(18)11-7-12-17(14)19-13-6-5-10-15-8-3-2-4-9-15/h2-4,7-9,11-12,18H,5-6,10,13H2,1H3. The molecule has 2 heteroatoms. The minimum atomic E-state index is 0.293. The quantitative estimate of drug-likeness (QED) is 0.788. The first kappa shape index (κ1) is 13.5. The van der Waals surface area contributed by atoms with Gasteiger partial charge in [-0.05, 0) is 43.9 Å². The number of ether oxygens (including phenoxy) is 1. The molecule has 2 nitrogen and oxygen atoms in total. The molecular formula is C17H20O2. The van der Waals surface area contributed by atoms with E-state index in [9.17, 15) is 5.11 Å². The molecule has 0 saturated heterocycles. The predicted octanol–water partition coefficient (Wildman–Crippen LogP) is 4.10. The van der Waals surface area contributed by atoms with Gasteiger partial charge in [-0.15, -0.1) is 0 Å². The van der Waals surface area contributed by atoms with Crippen molar-refractivity contribution in [3.05, 3.63) is 59.7 Å². The summed E-state index contributed by atoms with van der Waals surface area (Å²) in [5, 5.41) is 9.57. The van der Waals surface area contributed by atoms with Crippen molar-refractivity contribution < 1.29 is 9.84 Å². The largest absolute Gasteiger partial charge is 0.508 e. The van der Waals surface area contributed by atoms with Crippen LogP contribution in [0.15, 0.2) is 48.5 Å². The van der Waals surface area contributed by atoms with Gasteiger partial charge in [0.05, 0.1) is 6.61 Å². The second kappa shape index (κ2) is 6.83. The van der Waals surface area contributed by atoms with Crippen molar-refractivity contribution in [2.75, 3.05) is 6.61 Å². The van der Waals surface area contributed by atoms with E-state index in [0.29, 0.717) is 12.4 Å². The Balaban J connectivity index is 1.71. The summed E-state index contributed by atoms with van der Waals surface area (Å²) in [6, 6.07) is 15.9. The normalized spacial score (nSPS) is 10.4. The maximum atomic E-state index is 9.57. The number of unbranched alkanes of at least 4 members (excludes halogenated alkanes) is 1. The van der Waals surface area contributed by atoms with Crippen LogP contribution < -0.4 is 4.74 Å². The Hall–Kier alpha value is -1.96. The first-order valence-electron chi connectivity index (χ1n) is 6.72. The number of phenolic OH excluding ortho intramolecular Hbond substituents is 1. The van der Waals surface area contributed by atoms with E-state index >= 15 is 0 Å². The van der Waals surface area contributed by atoms with E-state index in [-0.39, 0.29) is 0 Å². The first-order valence-corrected chi connectivity index (χ1v) is 6.72. The molecule has 2 aromatic carbocycles. The summed E-state index contributed by atoms with van der Waals surface area (Å²) < 4.78 is 5.70. The molecule has 19 heavy (non-hydrogen) atoms. The molecule has 0 spiro atoms. The van der Waals surface area contributed by atoms with Gasteiger partial charge in [0, 0.05) is 5.56 Å². The van der Waals surface area contributed by atoms with Gasteiger partial charge < -0.3 is 9.84 Å². The van der Waals surface area contributed by atoms with E-state index in [0.717, 1.165) is 30.6 Å². The number of hydrogen-bond acceptors (Lipinski definition) is 2. The van der Waals surface area contributed by atoms with Crippen LogP contribution >= 0.6 is 0 Å². The van der Waals surface area contributed by atoms with Crippen molar-refractivity contribution in [3.63, 3.8) is 0 Å². The minimum Gasteiger partial charge on any atom is -0.508 e. The maximum Gasteiger partial charge on any atom is 0.125 e. The van der Waals surface area contributed by atoms with Gasteiger partial charge in [0.15, 0.2) is 0 Å². The van der Waals surface area contributed by atoms with Crippen LogP contribution in [-0.4, -0.2) is 11.7 Å². The molecule has 1 N–H and O–H groups in total. The van der Waals surface area contributed by atoms with Crippen LogP contribution in [-0.2, 0) is 6.42 Å². The zero-order chi connectivity index (χ0) is 13.5. The van der Waals surface area contributed by atoms with Crippen molar-refractivity contribution in [2.45, 2.75) is 26.2 Å². The molecule has 0 atom stereocenters. The monoisotopic (exact) mass is 256 g/mol. The Morgan fingerprint density at radius 2 is 1.74 bits per heavy atom. The SMILES string of the molecule is Cc1c(O)cccc1OCCCCc1ccccc1. The van der Waals surface area contributed by atoms with E-state index in [1.54, 1.807) is 6.07 Å². The van der Waals surface area contributed by atoms with E-state index in [1.807, 2.05) is 25.1 Å². The van der Waals surface area contributed by atoms with Crippen LogP contribution in [0, 0.1) is 6.92 Å². The molecule has 0 aliphatic carbocycles. The van der Waals surface area contributed by atoms with E-state index in [1.165, 1.54) is 5.56 Å². The molecule has 2 rings (SSSR count). The van der Waals surface area contributed by atoms with Gasteiger partial charge in [-0.25, -0.2) is 0 Å². The fourth-order valence-corrected chi connectivity index (χ4v) is 2.02. The topological polar surface area (TPSA) is 29.5 Å². The van der Waals surface area contributed by atoms with E-state index in [4.69, 9.17) is 4.74 Å². The molecule has 0 aliphatic rings. The zero-order valence-electron chi connectivity index (χ0n) is 11.3. The molecular weight excluding hydrogens is 236 g/mol. The Labute approximate surface area is 114 Å². The minimum absolute atomic E-state index is 0.293. The number of rotatable bonds is 6. The molecule has 0 saturated carbocycles. The average Bonchev–Trinajstić information content (AvgIpc) is 2.44. The number of aromatic hydroxyl groups is 1. The van der Waals surface area contributed by atoms with Crippen molar-refractivity contribution in [2.24, 2.45) is 0 Å². The maximum absolute atomic E-state index is 9.57. The number of phenols is 1.